The van der Waals surface area contributed by atoms with Gasteiger partial charge in [0, 0.05) is 23.3 Å². The van der Waals surface area contributed by atoms with Crippen LogP contribution in [0.3, 0.4) is 0 Å². The van der Waals surface area contributed by atoms with Crippen LogP contribution in [-0.2, 0) is 14.9 Å². The van der Waals surface area contributed by atoms with Crippen molar-refractivity contribution in [2.75, 3.05) is 5.32 Å². The summed E-state index contributed by atoms with van der Waals surface area (Å²) in [6, 6.07) is 18.1. The Hall–Kier alpha value is -4.82. The largest absolute Gasteiger partial charge is 0.378 e. The number of anilines is 1. The maximum atomic E-state index is 12.7. The van der Waals surface area contributed by atoms with Gasteiger partial charge in [-0.3, -0.25) is 19.7 Å². The van der Waals surface area contributed by atoms with Crippen molar-refractivity contribution in [1.82, 2.24) is 0 Å². The second-order valence-corrected chi connectivity index (χ2v) is 8.60. The minimum absolute atomic E-state index is 0.0908. The zero-order chi connectivity index (χ0) is 25.6. The molecule has 0 aliphatic rings. The summed E-state index contributed by atoms with van der Waals surface area (Å²) in [4.78, 5) is 34.3. The van der Waals surface area contributed by atoms with Crippen LogP contribution in [0.4, 0.5) is 11.4 Å². The molecule has 11 heteroatoms. The van der Waals surface area contributed by atoms with E-state index in [9.17, 15) is 33.4 Å². The normalized spacial score (nSPS) is 11.3. The molecule has 0 unspecified atom stereocenters. The summed E-state index contributed by atoms with van der Waals surface area (Å²) in [6.07, 6.45) is 1.13. The molecule has 3 aromatic carbocycles. The molecule has 35 heavy (non-hydrogen) atoms. The molecule has 1 amide bonds. The Morgan fingerprint density at radius 2 is 1.74 bits per heavy atom. The lowest BCUT2D eigenvalue weighted by atomic mass is 10.1. The van der Waals surface area contributed by atoms with Crippen molar-refractivity contribution >= 4 is 39.3 Å². The molecule has 1 N–H and O–H groups in total. The summed E-state index contributed by atoms with van der Waals surface area (Å²) in [5.74, 6) is -1.31. The number of Topliss-reactive ketones (excluding diaryl/α,β-unsaturated/α-hetero) is 1. The maximum Gasteiger partial charge on any atom is 0.339 e. The number of hydrogen-bond donors (Lipinski definition) is 1. The van der Waals surface area contributed by atoms with Crippen LogP contribution in [0.5, 0.6) is 5.75 Å². The zero-order valence-corrected chi connectivity index (χ0v) is 19.0. The Balaban J connectivity index is 1.93. The van der Waals surface area contributed by atoms with Crippen LogP contribution >= 0.6 is 0 Å². The molecule has 0 bridgehead atoms. The van der Waals surface area contributed by atoms with Crippen molar-refractivity contribution < 1.29 is 27.1 Å². The average Bonchev–Trinajstić information content (AvgIpc) is 2.83. The second kappa shape index (κ2) is 10.4. The maximum absolute atomic E-state index is 12.7. The molecule has 0 atom stereocenters. The third-order valence-corrected chi connectivity index (χ3v) is 5.89. The number of nitriles is 1. The van der Waals surface area contributed by atoms with Gasteiger partial charge in [0.2, 0.25) is 0 Å². The smallest absolute Gasteiger partial charge is 0.339 e. The molecule has 0 fully saturated rings. The van der Waals surface area contributed by atoms with Crippen molar-refractivity contribution in [2.45, 2.75) is 11.8 Å². The monoisotopic (exact) mass is 491 g/mol. The molecule has 0 aliphatic carbocycles. The van der Waals surface area contributed by atoms with Crippen molar-refractivity contribution in [3.8, 4) is 11.8 Å². The van der Waals surface area contributed by atoms with E-state index in [4.69, 9.17) is 4.18 Å². The highest BCUT2D eigenvalue weighted by Crippen LogP contribution is 2.27. The molecule has 3 aromatic rings. The van der Waals surface area contributed by atoms with Crippen LogP contribution < -0.4 is 9.50 Å². The number of nitrogens with zero attached hydrogens (tertiary/aromatic N) is 2. The van der Waals surface area contributed by atoms with E-state index in [1.807, 2.05) is 0 Å². The lowest BCUT2D eigenvalue weighted by molar-refractivity contribution is -0.385. The first-order valence-corrected chi connectivity index (χ1v) is 11.3. The number of hydrogen-bond acceptors (Lipinski definition) is 8. The number of rotatable bonds is 8. The molecule has 0 saturated carbocycles. The molecular formula is C24H17N3O7S. The van der Waals surface area contributed by atoms with Gasteiger partial charge >= 0.3 is 10.1 Å². The number of non-ortho nitro benzene ring substituents is 1. The lowest BCUT2D eigenvalue weighted by Crippen LogP contribution is -2.16. The van der Waals surface area contributed by atoms with E-state index in [0.717, 1.165) is 24.3 Å². The number of para-hydroxylation sites is 2. The molecule has 176 valence electrons. The minimum Gasteiger partial charge on any atom is -0.378 e. The summed E-state index contributed by atoms with van der Waals surface area (Å²) >= 11 is 0. The predicted molar refractivity (Wildman–Crippen MR) is 126 cm³/mol. The number of nitro groups is 1. The average molecular weight is 491 g/mol. The van der Waals surface area contributed by atoms with Gasteiger partial charge in [0.25, 0.3) is 11.6 Å². The molecule has 10 nitrogen and oxygen atoms in total. The van der Waals surface area contributed by atoms with E-state index in [1.165, 1.54) is 49.4 Å². The van der Waals surface area contributed by atoms with Gasteiger partial charge in [-0.1, -0.05) is 36.4 Å². The number of nitrogens with one attached hydrogen (secondary N) is 1. The van der Waals surface area contributed by atoms with Gasteiger partial charge in [0.15, 0.2) is 5.78 Å². The van der Waals surface area contributed by atoms with Gasteiger partial charge in [-0.2, -0.15) is 13.7 Å². The predicted octanol–water partition coefficient (Wildman–Crippen LogP) is 4.11. The highest BCUT2D eigenvalue weighted by atomic mass is 32.2. The number of ketones is 1. The standard InChI is InChI=1S/C24H17N3O7S/c1-16(28)21-10-3-4-11-22(21)26-24(29)18(15-25)13-17-7-2-5-12-23(17)34-35(32,33)20-9-6-8-19(14-20)27(30)31/h2-14H,1H3,(H,26,29)/b18-13-. The van der Waals surface area contributed by atoms with Crippen LogP contribution in [0.25, 0.3) is 6.08 Å². The quantitative estimate of drug-likeness (QED) is 0.123. The number of amides is 1. The SMILES string of the molecule is CC(=O)c1ccccc1NC(=O)/C(C#N)=C\c1ccccc1OS(=O)(=O)c1cccc([N+](=O)[O-])c1. The highest BCUT2D eigenvalue weighted by molar-refractivity contribution is 7.87. The van der Waals surface area contributed by atoms with Gasteiger partial charge < -0.3 is 9.50 Å². The molecule has 3 rings (SSSR count). The van der Waals surface area contributed by atoms with Crippen LogP contribution in [0.1, 0.15) is 22.8 Å². The fraction of sp³-hybridized carbons (Fsp3) is 0.0417. The first kappa shape index (κ1) is 24.8. The Morgan fingerprint density at radius 1 is 1.06 bits per heavy atom. The summed E-state index contributed by atoms with van der Waals surface area (Å²) in [5, 5.41) is 23.0. The molecule has 0 saturated heterocycles. The first-order valence-electron chi connectivity index (χ1n) is 9.93. The summed E-state index contributed by atoms with van der Waals surface area (Å²) in [7, 11) is -4.47. The fourth-order valence-corrected chi connectivity index (χ4v) is 3.98. The summed E-state index contributed by atoms with van der Waals surface area (Å²) in [5.41, 5.74) is -0.258. The van der Waals surface area contributed by atoms with E-state index < -0.39 is 31.5 Å². The Bertz CT molecular complexity index is 1510. The third kappa shape index (κ3) is 5.95. The van der Waals surface area contributed by atoms with E-state index >= 15 is 0 Å². The van der Waals surface area contributed by atoms with Crippen LogP contribution in [0.15, 0.2) is 83.3 Å². The van der Waals surface area contributed by atoms with E-state index in [1.54, 1.807) is 18.2 Å². The van der Waals surface area contributed by atoms with Crippen LogP contribution in [0, 0.1) is 21.4 Å². The van der Waals surface area contributed by atoms with Crippen molar-refractivity contribution in [1.29, 1.82) is 5.26 Å². The Kier molecular flexibility index (Phi) is 7.38. The van der Waals surface area contributed by atoms with Crippen LogP contribution in [0.2, 0.25) is 0 Å². The van der Waals surface area contributed by atoms with Crippen molar-refractivity contribution in [2.24, 2.45) is 0 Å². The van der Waals surface area contributed by atoms with E-state index in [0.29, 0.717) is 0 Å². The van der Waals surface area contributed by atoms with Gasteiger partial charge in [-0.05, 0) is 37.3 Å². The molecule has 0 aromatic heterocycles. The number of carbonyl (C=O) groups excluding carboxylic acids is 2. The third-order valence-electron chi connectivity index (χ3n) is 4.66. The molecule has 0 spiro atoms. The fourth-order valence-electron chi connectivity index (χ4n) is 2.99. The number of carbonyl (C=O) groups is 2. The van der Waals surface area contributed by atoms with E-state index in [2.05, 4.69) is 5.32 Å². The van der Waals surface area contributed by atoms with Crippen molar-refractivity contribution in [3.63, 3.8) is 0 Å². The molecule has 0 aliphatic heterocycles. The van der Waals surface area contributed by atoms with Gasteiger partial charge in [-0.15, -0.1) is 0 Å². The molecule has 0 heterocycles. The number of nitro benzene ring substituents is 1. The minimum atomic E-state index is -4.47. The molecular weight excluding hydrogens is 474 g/mol. The lowest BCUT2D eigenvalue weighted by Gasteiger charge is -2.11. The van der Waals surface area contributed by atoms with Gasteiger partial charge in [-0.25, -0.2) is 0 Å². The van der Waals surface area contributed by atoms with Crippen LogP contribution in [-0.4, -0.2) is 25.0 Å². The van der Waals surface area contributed by atoms with E-state index in [-0.39, 0.29) is 33.9 Å². The summed E-state index contributed by atoms with van der Waals surface area (Å²) in [6.45, 7) is 1.33. The topological polar surface area (TPSA) is 156 Å². The molecule has 0 radical (unpaired) electrons. The number of benzene rings is 3. The second-order valence-electron chi connectivity index (χ2n) is 7.06. The summed E-state index contributed by atoms with van der Waals surface area (Å²) < 4.78 is 30.6. The van der Waals surface area contributed by atoms with Gasteiger partial charge in [0.1, 0.15) is 22.3 Å². The Labute approximate surface area is 200 Å². The first-order chi connectivity index (χ1) is 16.6. The van der Waals surface area contributed by atoms with Crippen molar-refractivity contribution in [3.05, 3.63) is 99.6 Å². The van der Waals surface area contributed by atoms with Gasteiger partial charge in [0.05, 0.1) is 10.6 Å². The highest BCUT2D eigenvalue weighted by Gasteiger charge is 2.21. The Morgan fingerprint density at radius 3 is 2.43 bits per heavy atom. The zero-order valence-electron chi connectivity index (χ0n) is 18.2.